The van der Waals surface area contributed by atoms with Gasteiger partial charge in [0.1, 0.15) is 0 Å². The van der Waals surface area contributed by atoms with E-state index in [4.69, 9.17) is 0 Å². The number of carboxylic acids is 1. The van der Waals surface area contributed by atoms with Gasteiger partial charge >= 0.3 is 5.97 Å². The lowest BCUT2D eigenvalue weighted by atomic mass is 10.0. The minimum absolute atomic E-state index is 0.167. The van der Waals surface area contributed by atoms with Crippen molar-refractivity contribution in [1.29, 1.82) is 0 Å². The summed E-state index contributed by atoms with van der Waals surface area (Å²) >= 11 is 0. The van der Waals surface area contributed by atoms with Crippen molar-refractivity contribution in [3.8, 4) is 0 Å². The largest absolute Gasteiger partial charge is 0.478 e. The number of aryl methyl sites for hydroxylation is 1. The molecule has 2 aromatic carbocycles. The average Bonchev–Trinajstić information content (AvgIpc) is 3.03. The number of rotatable bonds is 7. The molecule has 126 valence electrons. The van der Waals surface area contributed by atoms with Gasteiger partial charge in [-0.25, -0.2) is 4.79 Å². The van der Waals surface area contributed by atoms with Crippen molar-refractivity contribution in [3.63, 3.8) is 0 Å². The molecule has 0 saturated carbocycles. The fourth-order valence-electron chi connectivity index (χ4n) is 3.57. The van der Waals surface area contributed by atoms with E-state index < -0.39 is 5.97 Å². The van der Waals surface area contributed by atoms with Crippen LogP contribution in [0, 0.1) is 0 Å². The maximum Gasteiger partial charge on any atom is 0.335 e. The van der Waals surface area contributed by atoms with Gasteiger partial charge in [0.05, 0.1) is 5.56 Å². The van der Waals surface area contributed by atoms with Crippen molar-refractivity contribution in [2.45, 2.75) is 31.8 Å². The van der Waals surface area contributed by atoms with Crippen LogP contribution in [0.3, 0.4) is 0 Å². The Hall–Kier alpha value is -2.17. The molecule has 0 fully saturated rings. The van der Waals surface area contributed by atoms with Gasteiger partial charge < -0.3 is 10.2 Å². The molecule has 24 heavy (non-hydrogen) atoms. The minimum atomic E-state index is -0.898. The van der Waals surface area contributed by atoms with Crippen molar-refractivity contribution in [3.05, 3.63) is 70.8 Å². The first kappa shape index (κ1) is 16.7. The molecule has 4 nitrogen and oxygen atoms in total. The number of aliphatic hydroxyl groups is 1. The summed E-state index contributed by atoms with van der Waals surface area (Å²) in [5.41, 5.74) is 4.08. The van der Waals surface area contributed by atoms with Gasteiger partial charge in [0.2, 0.25) is 0 Å². The van der Waals surface area contributed by atoms with E-state index >= 15 is 0 Å². The van der Waals surface area contributed by atoms with Crippen molar-refractivity contribution >= 4 is 5.97 Å². The number of nitrogens with zero attached hydrogens (tertiary/aromatic N) is 1. The van der Waals surface area contributed by atoms with E-state index in [0.717, 1.165) is 31.4 Å². The second-order valence-electron chi connectivity index (χ2n) is 6.31. The van der Waals surface area contributed by atoms with E-state index in [9.17, 15) is 15.0 Å². The van der Waals surface area contributed by atoms with Crippen molar-refractivity contribution < 1.29 is 15.0 Å². The van der Waals surface area contributed by atoms with Crippen LogP contribution in [0.1, 0.15) is 45.9 Å². The van der Waals surface area contributed by atoms with Crippen molar-refractivity contribution in [2.75, 3.05) is 13.2 Å². The smallest absolute Gasteiger partial charge is 0.335 e. The molecular weight excluding hydrogens is 302 g/mol. The number of hydrogen-bond acceptors (Lipinski definition) is 3. The molecule has 1 aliphatic carbocycles. The highest BCUT2D eigenvalue weighted by molar-refractivity contribution is 5.87. The van der Waals surface area contributed by atoms with Crippen LogP contribution in [0.25, 0.3) is 0 Å². The first-order chi connectivity index (χ1) is 11.7. The predicted molar refractivity (Wildman–Crippen MR) is 93.0 cm³/mol. The summed E-state index contributed by atoms with van der Waals surface area (Å²) in [6, 6.07) is 16.0. The topological polar surface area (TPSA) is 60.8 Å². The molecule has 0 heterocycles. The number of benzene rings is 2. The number of hydrogen-bond donors (Lipinski definition) is 2. The molecule has 0 bridgehead atoms. The fraction of sp³-hybridized carbons (Fsp3) is 0.350. The molecule has 3 rings (SSSR count). The Balaban J connectivity index is 1.82. The highest BCUT2D eigenvalue weighted by Gasteiger charge is 2.27. The highest BCUT2D eigenvalue weighted by atomic mass is 16.4. The van der Waals surface area contributed by atoms with E-state index in [0.29, 0.717) is 18.2 Å². The SMILES string of the molecule is O=C(O)c1cccc(CN(CCCO)C2CCc3ccccc32)c1. The van der Waals surface area contributed by atoms with Crippen LogP contribution in [-0.2, 0) is 13.0 Å². The molecule has 1 unspecified atom stereocenters. The number of carboxylic acid groups (broad SMARTS) is 1. The molecule has 1 aliphatic rings. The second-order valence-corrected chi connectivity index (χ2v) is 6.31. The predicted octanol–water partition coefficient (Wildman–Crippen LogP) is 3.26. The van der Waals surface area contributed by atoms with Crippen molar-refractivity contribution in [2.24, 2.45) is 0 Å². The molecule has 4 heteroatoms. The molecule has 2 N–H and O–H groups in total. The number of fused-ring (bicyclic) bond motifs is 1. The van der Waals surface area contributed by atoms with Gasteiger partial charge in [-0.1, -0.05) is 36.4 Å². The molecule has 0 aromatic heterocycles. The van der Waals surface area contributed by atoms with E-state index in [1.54, 1.807) is 18.2 Å². The molecular formula is C20H23NO3. The summed E-state index contributed by atoms with van der Waals surface area (Å²) in [5.74, 6) is -0.898. The highest BCUT2D eigenvalue weighted by Crippen LogP contribution is 2.36. The zero-order valence-electron chi connectivity index (χ0n) is 13.7. The van der Waals surface area contributed by atoms with Gasteiger partial charge in [-0.3, -0.25) is 4.90 Å². The van der Waals surface area contributed by atoms with E-state index in [1.165, 1.54) is 11.1 Å². The summed E-state index contributed by atoms with van der Waals surface area (Å²) in [5, 5.41) is 18.4. The molecule has 0 saturated heterocycles. The van der Waals surface area contributed by atoms with Crippen LogP contribution in [0.2, 0.25) is 0 Å². The van der Waals surface area contributed by atoms with Gasteiger partial charge in [-0.15, -0.1) is 0 Å². The Morgan fingerprint density at radius 1 is 1.17 bits per heavy atom. The number of aliphatic hydroxyl groups excluding tert-OH is 1. The third kappa shape index (κ3) is 3.66. The molecule has 0 amide bonds. The van der Waals surface area contributed by atoms with Gasteiger partial charge in [0, 0.05) is 25.7 Å². The van der Waals surface area contributed by atoms with Crippen molar-refractivity contribution in [1.82, 2.24) is 4.90 Å². The molecule has 1 atom stereocenters. The Morgan fingerprint density at radius 3 is 2.79 bits per heavy atom. The summed E-state index contributed by atoms with van der Waals surface area (Å²) in [6.07, 6.45) is 2.87. The second kappa shape index (κ2) is 7.60. The number of aromatic carboxylic acids is 1. The third-order valence-corrected chi connectivity index (χ3v) is 4.71. The van der Waals surface area contributed by atoms with Crippen LogP contribution >= 0.6 is 0 Å². The third-order valence-electron chi connectivity index (χ3n) is 4.71. The van der Waals surface area contributed by atoms with Crippen LogP contribution < -0.4 is 0 Å². The van der Waals surface area contributed by atoms with E-state index in [2.05, 4.69) is 29.2 Å². The fourth-order valence-corrected chi connectivity index (χ4v) is 3.57. The van der Waals surface area contributed by atoms with Crippen LogP contribution in [0.15, 0.2) is 48.5 Å². The standard InChI is InChI=1S/C20H23NO3/c22-12-4-11-21(14-15-5-3-7-17(13-15)20(23)24)19-10-9-16-6-1-2-8-18(16)19/h1-3,5-8,13,19,22H,4,9-12,14H2,(H,23,24). The summed E-state index contributed by atoms with van der Waals surface area (Å²) in [7, 11) is 0. The maximum atomic E-state index is 11.2. The molecule has 0 radical (unpaired) electrons. The lowest BCUT2D eigenvalue weighted by Gasteiger charge is -2.29. The molecule has 0 spiro atoms. The quantitative estimate of drug-likeness (QED) is 0.820. The first-order valence-electron chi connectivity index (χ1n) is 8.44. The van der Waals surface area contributed by atoms with Crippen LogP contribution in [0.4, 0.5) is 0 Å². The Morgan fingerprint density at radius 2 is 2.00 bits per heavy atom. The van der Waals surface area contributed by atoms with E-state index in [1.807, 2.05) is 6.07 Å². The Bertz CT molecular complexity index is 714. The van der Waals surface area contributed by atoms with Gasteiger partial charge in [0.15, 0.2) is 0 Å². The van der Waals surface area contributed by atoms with Crippen LogP contribution in [0.5, 0.6) is 0 Å². The molecule has 2 aromatic rings. The zero-order valence-corrected chi connectivity index (χ0v) is 13.7. The van der Waals surface area contributed by atoms with Gasteiger partial charge in [0.25, 0.3) is 0 Å². The Kier molecular flexibility index (Phi) is 5.28. The lowest BCUT2D eigenvalue weighted by molar-refractivity contribution is 0.0696. The minimum Gasteiger partial charge on any atom is -0.478 e. The summed E-state index contributed by atoms with van der Waals surface area (Å²) in [4.78, 5) is 13.5. The van der Waals surface area contributed by atoms with Gasteiger partial charge in [-0.2, -0.15) is 0 Å². The van der Waals surface area contributed by atoms with Gasteiger partial charge in [-0.05, 0) is 48.1 Å². The average molecular weight is 325 g/mol. The molecule has 0 aliphatic heterocycles. The number of carbonyl (C=O) groups is 1. The first-order valence-corrected chi connectivity index (χ1v) is 8.44. The Labute approximate surface area is 142 Å². The zero-order chi connectivity index (χ0) is 16.9. The monoisotopic (exact) mass is 325 g/mol. The van der Waals surface area contributed by atoms with E-state index in [-0.39, 0.29) is 6.61 Å². The maximum absolute atomic E-state index is 11.2. The summed E-state index contributed by atoms with van der Waals surface area (Å²) < 4.78 is 0. The normalized spacial score (nSPS) is 16.3. The van der Waals surface area contributed by atoms with Crippen LogP contribution in [-0.4, -0.2) is 34.2 Å². The summed E-state index contributed by atoms with van der Waals surface area (Å²) in [6.45, 7) is 1.66. The lowest BCUT2D eigenvalue weighted by Crippen LogP contribution is -2.29.